The Morgan fingerprint density at radius 3 is 1.81 bits per heavy atom. The Bertz CT molecular complexity index is 338. The molecule has 0 aliphatic heterocycles. The summed E-state index contributed by atoms with van der Waals surface area (Å²) in [5.41, 5.74) is 0. The molecular formula is C5H5N3O8. The molecule has 1 unspecified atom stereocenters. The van der Waals surface area contributed by atoms with Crippen molar-refractivity contribution >= 4 is 5.97 Å². The van der Waals surface area contributed by atoms with Crippen LogP contribution in [0.2, 0.25) is 0 Å². The fourth-order valence-electron chi connectivity index (χ4n) is 0.665. The predicted molar refractivity (Wildman–Crippen MR) is 44.8 cm³/mol. The lowest BCUT2D eigenvalue weighted by atomic mass is 10.4. The smallest absolute Gasteiger partial charge is 0.384 e. The first-order valence-corrected chi connectivity index (χ1v) is 3.54. The molecule has 88 valence electrons. The third kappa shape index (κ3) is 3.28. The third-order valence-electron chi connectivity index (χ3n) is 1.30. The lowest BCUT2D eigenvalue weighted by Crippen LogP contribution is -2.47. The highest BCUT2D eigenvalue weighted by Crippen LogP contribution is 2.06. The quantitative estimate of drug-likeness (QED) is 0.190. The fraction of sp³-hybridized carbons (Fsp3) is 0.400. The Morgan fingerprint density at radius 1 is 1.12 bits per heavy atom. The highest BCUT2D eigenvalue weighted by atomic mass is 16.7. The Kier molecular flexibility index (Phi) is 4.47. The van der Waals surface area contributed by atoms with Gasteiger partial charge in [-0.15, -0.1) is 0 Å². The lowest BCUT2D eigenvalue weighted by molar-refractivity contribution is -0.797. The van der Waals surface area contributed by atoms with E-state index in [0.29, 0.717) is 6.08 Å². The van der Waals surface area contributed by atoms with E-state index in [9.17, 15) is 35.1 Å². The molecule has 0 radical (unpaired) electrons. The summed E-state index contributed by atoms with van der Waals surface area (Å²) >= 11 is 0. The standard InChI is InChI=1S/C5H5N3O8/c1-2-3(9)16-5(8(14)15)4(6(10)11)7(12)13/h2,4-5H,1H2. The second-order valence-corrected chi connectivity index (χ2v) is 2.30. The van der Waals surface area contributed by atoms with Crippen molar-refractivity contribution in [3.63, 3.8) is 0 Å². The molecule has 0 bridgehead atoms. The monoisotopic (exact) mass is 235 g/mol. The molecule has 0 spiro atoms. The molecule has 11 nitrogen and oxygen atoms in total. The van der Waals surface area contributed by atoms with Crippen molar-refractivity contribution in [2.24, 2.45) is 0 Å². The molecule has 16 heavy (non-hydrogen) atoms. The van der Waals surface area contributed by atoms with Gasteiger partial charge in [0.25, 0.3) is 0 Å². The Morgan fingerprint density at radius 2 is 1.56 bits per heavy atom. The number of rotatable bonds is 6. The van der Waals surface area contributed by atoms with Crippen LogP contribution in [-0.4, -0.2) is 33.1 Å². The molecule has 11 heteroatoms. The molecule has 0 rings (SSSR count). The third-order valence-corrected chi connectivity index (χ3v) is 1.30. The van der Waals surface area contributed by atoms with Gasteiger partial charge in [-0.2, -0.15) is 0 Å². The molecular weight excluding hydrogens is 230 g/mol. The van der Waals surface area contributed by atoms with Gasteiger partial charge in [-0.05, 0) is 0 Å². The normalized spacial score (nSPS) is 11.6. The summed E-state index contributed by atoms with van der Waals surface area (Å²) in [5, 5.41) is 30.7. The van der Waals surface area contributed by atoms with Gasteiger partial charge >= 0.3 is 18.4 Å². The molecule has 0 aliphatic rings. The molecule has 0 saturated heterocycles. The highest BCUT2D eigenvalue weighted by Gasteiger charge is 2.54. The minimum atomic E-state index is -2.86. The number of carbonyl (C=O) groups is 1. The summed E-state index contributed by atoms with van der Waals surface area (Å²) in [4.78, 5) is 36.8. The van der Waals surface area contributed by atoms with Gasteiger partial charge in [-0.25, -0.2) is 4.79 Å². The number of hydrogen-bond acceptors (Lipinski definition) is 8. The Labute approximate surface area is 86.7 Å². The van der Waals surface area contributed by atoms with E-state index < -0.39 is 33.1 Å². The fourth-order valence-corrected chi connectivity index (χ4v) is 0.665. The molecule has 0 N–H and O–H groups in total. The number of nitrogens with zero attached hydrogens (tertiary/aromatic N) is 3. The van der Waals surface area contributed by atoms with Crippen LogP contribution in [0.25, 0.3) is 0 Å². The average molecular weight is 235 g/mol. The zero-order valence-electron chi connectivity index (χ0n) is 7.55. The first kappa shape index (κ1) is 13.4. The molecule has 0 aliphatic carbocycles. The van der Waals surface area contributed by atoms with Gasteiger partial charge < -0.3 is 4.74 Å². The van der Waals surface area contributed by atoms with E-state index in [1.165, 1.54) is 0 Å². The molecule has 0 amide bonds. The topological polar surface area (TPSA) is 156 Å². The van der Waals surface area contributed by atoms with Crippen molar-refractivity contribution in [2.45, 2.75) is 12.4 Å². The van der Waals surface area contributed by atoms with E-state index in [2.05, 4.69) is 11.3 Å². The van der Waals surface area contributed by atoms with Crippen LogP contribution in [0.15, 0.2) is 12.7 Å². The summed E-state index contributed by atoms with van der Waals surface area (Å²) in [6.45, 7) is 2.89. The maximum absolute atomic E-state index is 10.6. The van der Waals surface area contributed by atoms with Crippen molar-refractivity contribution in [2.75, 3.05) is 0 Å². The van der Waals surface area contributed by atoms with Crippen molar-refractivity contribution < 1.29 is 24.3 Å². The van der Waals surface area contributed by atoms with E-state index >= 15 is 0 Å². The summed E-state index contributed by atoms with van der Waals surface area (Å²) in [6, 6.07) is 0. The molecule has 0 fully saturated rings. The molecule has 0 saturated carbocycles. The van der Waals surface area contributed by atoms with Gasteiger partial charge in [0, 0.05) is 6.08 Å². The molecule has 0 aromatic rings. The number of carbonyl (C=O) groups excluding carboxylic acids is 1. The predicted octanol–water partition coefficient (Wildman–Crippen LogP) is -0.802. The highest BCUT2D eigenvalue weighted by molar-refractivity contribution is 5.81. The molecule has 0 aromatic heterocycles. The van der Waals surface area contributed by atoms with Gasteiger partial charge in [0.05, 0.1) is 4.92 Å². The molecule has 1 atom stereocenters. The first-order chi connectivity index (χ1) is 7.31. The number of hydrogen-bond donors (Lipinski definition) is 0. The van der Waals surface area contributed by atoms with Crippen molar-refractivity contribution in [3.8, 4) is 0 Å². The zero-order valence-corrected chi connectivity index (χ0v) is 7.55. The van der Waals surface area contributed by atoms with E-state index in [1.807, 2.05) is 0 Å². The lowest BCUT2D eigenvalue weighted by Gasteiger charge is -2.07. The number of ether oxygens (including phenoxy) is 1. The summed E-state index contributed by atoms with van der Waals surface area (Å²) in [6.07, 6.45) is -5.07. The summed E-state index contributed by atoms with van der Waals surface area (Å²) in [7, 11) is 0. The number of nitro groups is 3. The van der Waals surface area contributed by atoms with E-state index in [1.54, 1.807) is 0 Å². The van der Waals surface area contributed by atoms with E-state index in [4.69, 9.17) is 0 Å². The molecule has 0 heterocycles. The van der Waals surface area contributed by atoms with Crippen molar-refractivity contribution in [1.29, 1.82) is 0 Å². The van der Waals surface area contributed by atoms with Crippen LogP contribution >= 0.6 is 0 Å². The second kappa shape index (κ2) is 5.33. The van der Waals surface area contributed by atoms with Crippen LogP contribution in [0.5, 0.6) is 0 Å². The van der Waals surface area contributed by atoms with Gasteiger partial charge in [0.2, 0.25) is 0 Å². The minimum absolute atomic E-state index is 0.494. The van der Waals surface area contributed by atoms with Gasteiger partial charge in [-0.1, -0.05) is 6.58 Å². The Hall–Kier alpha value is -2.59. The first-order valence-electron chi connectivity index (χ1n) is 3.54. The van der Waals surface area contributed by atoms with Crippen LogP contribution < -0.4 is 0 Å². The molecule has 0 aromatic carbocycles. The van der Waals surface area contributed by atoms with Crippen LogP contribution in [-0.2, 0) is 9.53 Å². The number of esters is 1. The van der Waals surface area contributed by atoms with E-state index in [-0.39, 0.29) is 0 Å². The largest absolute Gasteiger partial charge is 0.552 e. The van der Waals surface area contributed by atoms with E-state index in [0.717, 1.165) is 0 Å². The van der Waals surface area contributed by atoms with Crippen LogP contribution in [0.3, 0.4) is 0 Å². The maximum atomic E-state index is 10.6. The van der Waals surface area contributed by atoms with Gasteiger partial charge in [0.15, 0.2) is 0 Å². The van der Waals surface area contributed by atoms with Gasteiger partial charge in [0.1, 0.15) is 9.85 Å². The SMILES string of the molecule is C=CC(=O)OC(C([N+](=O)[O-])[N+](=O)[O-])[N+](=O)[O-]. The Balaban J connectivity index is 5.07. The van der Waals surface area contributed by atoms with Crippen LogP contribution in [0.4, 0.5) is 0 Å². The van der Waals surface area contributed by atoms with Gasteiger partial charge in [-0.3, -0.25) is 30.3 Å². The van der Waals surface area contributed by atoms with Crippen molar-refractivity contribution in [3.05, 3.63) is 43.0 Å². The minimum Gasteiger partial charge on any atom is -0.384 e. The van der Waals surface area contributed by atoms with Crippen LogP contribution in [0, 0.1) is 30.3 Å². The van der Waals surface area contributed by atoms with Crippen molar-refractivity contribution in [1.82, 2.24) is 0 Å². The second-order valence-electron chi connectivity index (χ2n) is 2.30. The van der Waals surface area contributed by atoms with Crippen LogP contribution in [0.1, 0.15) is 0 Å². The zero-order chi connectivity index (χ0) is 12.9. The maximum Gasteiger partial charge on any atom is 0.552 e. The average Bonchev–Trinajstić information content (AvgIpc) is 2.14. The summed E-state index contributed by atoms with van der Waals surface area (Å²) in [5.74, 6) is -1.37. The summed E-state index contributed by atoms with van der Waals surface area (Å²) < 4.78 is 3.91.